The molecule has 1 aromatic heterocycles. The quantitative estimate of drug-likeness (QED) is 0.447. The fourth-order valence-corrected chi connectivity index (χ4v) is 3.63. The zero-order valence-electron chi connectivity index (χ0n) is 17.9. The summed E-state index contributed by atoms with van der Waals surface area (Å²) >= 11 is 1.50. The second-order valence-corrected chi connectivity index (χ2v) is 7.56. The number of aromatic nitrogens is 1. The average Bonchev–Trinajstić information content (AvgIpc) is 3.27. The number of carbonyl (C=O) groups is 1. The molecule has 0 aliphatic carbocycles. The van der Waals surface area contributed by atoms with Crippen molar-refractivity contribution >= 4 is 17.2 Å². The van der Waals surface area contributed by atoms with Gasteiger partial charge in [-0.05, 0) is 36.4 Å². The van der Waals surface area contributed by atoms with E-state index in [0.29, 0.717) is 49.1 Å². The molecule has 8 heteroatoms. The predicted molar refractivity (Wildman–Crippen MR) is 119 cm³/mol. The molecule has 0 saturated carbocycles. The number of ether oxygens (including phenoxy) is 4. The summed E-state index contributed by atoms with van der Waals surface area (Å²) in [6.07, 6.45) is 0. The van der Waals surface area contributed by atoms with E-state index in [0.717, 1.165) is 10.7 Å². The lowest BCUT2D eigenvalue weighted by Gasteiger charge is -2.21. The molecule has 1 heterocycles. The van der Waals surface area contributed by atoms with Crippen LogP contribution in [0.4, 0.5) is 0 Å². The van der Waals surface area contributed by atoms with Crippen LogP contribution in [0.2, 0.25) is 0 Å². The summed E-state index contributed by atoms with van der Waals surface area (Å²) in [6, 6.07) is 14.6. The normalized spacial score (nSPS) is 10.5. The Labute approximate surface area is 186 Å². The second-order valence-electron chi connectivity index (χ2n) is 6.62. The van der Waals surface area contributed by atoms with Crippen molar-refractivity contribution in [2.45, 2.75) is 13.2 Å². The summed E-state index contributed by atoms with van der Waals surface area (Å²) in [5, 5.41) is 2.77. The minimum atomic E-state index is -0.0838. The summed E-state index contributed by atoms with van der Waals surface area (Å²) in [5.74, 6) is 1.96. The highest BCUT2D eigenvalue weighted by molar-refractivity contribution is 7.09. The summed E-state index contributed by atoms with van der Waals surface area (Å²) in [4.78, 5) is 19.4. The Kier molecular flexibility index (Phi) is 8.26. The van der Waals surface area contributed by atoms with Gasteiger partial charge in [-0.2, -0.15) is 0 Å². The predicted octanol–water partition coefficient (Wildman–Crippen LogP) is 4.03. The van der Waals surface area contributed by atoms with Crippen molar-refractivity contribution in [2.75, 3.05) is 34.5 Å². The van der Waals surface area contributed by atoms with Gasteiger partial charge in [0.2, 0.25) is 0 Å². The Hall–Kier alpha value is -3.10. The van der Waals surface area contributed by atoms with E-state index in [1.807, 2.05) is 29.6 Å². The Bertz CT molecular complexity index is 974. The highest BCUT2D eigenvalue weighted by Gasteiger charge is 2.18. The third-order valence-electron chi connectivity index (χ3n) is 4.56. The van der Waals surface area contributed by atoms with Gasteiger partial charge in [-0.1, -0.05) is 12.1 Å². The number of carbonyl (C=O) groups excluding carboxylic acids is 1. The van der Waals surface area contributed by atoms with Crippen LogP contribution in [0, 0.1) is 0 Å². The number of benzene rings is 2. The Morgan fingerprint density at radius 1 is 1.00 bits per heavy atom. The lowest BCUT2D eigenvalue weighted by Crippen LogP contribution is -2.33. The third-order valence-corrected chi connectivity index (χ3v) is 5.43. The average molecular weight is 443 g/mol. The van der Waals surface area contributed by atoms with Crippen LogP contribution < -0.4 is 14.2 Å². The van der Waals surface area contributed by atoms with Gasteiger partial charge in [-0.3, -0.25) is 4.79 Å². The van der Waals surface area contributed by atoms with Gasteiger partial charge in [0, 0.05) is 24.6 Å². The number of rotatable bonds is 11. The second kappa shape index (κ2) is 11.3. The van der Waals surface area contributed by atoms with E-state index in [1.165, 1.54) is 11.3 Å². The van der Waals surface area contributed by atoms with Gasteiger partial charge >= 0.3 is 0 Å². The van der Waals surface area contributed by atoms with Crippen LogP contribution in [0.15, 0.2) is 53.9 Å². The van der Waals surface area contributed by atoms with Crippen LogP contribution in [0.5, 0.6) is 17.2 Å². The SMILES string of the molecule is COCCN(Cc1csc(COc2ccccc2OC)n1)C(=O)c1ccc(OC)cc1. The largest absolute Gasteiger partial charge is 0.497 e. The molecular weight excluding hydrogens is 416 g/mol. The Balaban J connectivity index is 1.66. The zero-order chi connectivity index (χ0) is 22.1. The maximum Gasteiger partial charge on any atom is 0.254 e. The van der Waals surface area contributed by atoms with Gasteiger partial charge in [0.15, 0.2) is 11.5 Å². The number of hydrogen-bond acceptors (Lipinski definition) is 7. The van der Waals surface area contributed by atoms with E-state index in [9.17, 15) is 4.79 Å². The standard InChI is InChI=1S/C23H26N2O5S/c1-27-13-12-25(23(26)17-8-10-19(28-2)11-9-17)14-18-16-31-22(24-18)15-30-21-7-5-4-6-20(21)29-3/h4-11,16H,12-15H2,1-3H3. The Morgan fingerprint density at radius 3 is 2.42 bits per heavy atom. The molecule has 7 nitrogen and oxygen atoms in total. The minimum absolute atomic E-state index is 0.0838. The van der Waals surface area contributed by atoms with E-state index in [1.54, 1.807) is 50.5 Å². The summed E-state index contributed by atoms with van der Waals surface area (Å²) in [7, 11) is 4.82. The van der Waals surface area contributed by atoms with E-state index in [-0.39, 0.29) is 5.91 Å². The van der Waals surface area contributed by atoms with Crippen LogP contribution >= 0.6 is 11.3 Å². The van der Waals surface area contributed by atoms with Gasteiger partial charge in [0.1, 0.15) is 17.4 Å². The molecule has 31 heavy (non-hydrogen) atoms. The summed E-state index contributed by atoms with van der Waals surface area (Å²) < 4.78 is 21.5. The van der Waals surface area contributed by atoms with Crippen molar-refractivity contribution in [3.63, 3.8) is 0 Å². The molecule has 0 fully saturated rings. The minimum Gasteiger partial charge on any atom is -0.497 e. The van der Waals surface area contributed by atoms with Gasteiger partial charge in [0.05, 0.1) is 33.1 Å². The van der Waals surface area contributed by atoms with Gasteiger partial charge < -0.3 is 23.8 Å². The first-order valence-corrected chi connectivity index (χ1v) is 10.6. The van der Waals surface area contributed by atoms with E-state index >= 15 is 0 Å². The Morgan fingerprint density at radius 2 is 1.74 bits per heavy atom. The molecule has 0 atom stereocenters. The monoisotopic (exact) mass is 442 g/mol. The molecule has 0 aliphatic rings. The highest BCUT2D eigenvalue weighted by atomic mass is 32.1. The first kappa shape index (κ1) is 22.6. The molecule has 3 rings (SSSR count). The number of nitrogens with zero attached hydrogens (tertiary/aromatic N) is 2. The van der Waals surface area contributed by atoms with Crippen LogP contribution in [0.1, 0.15) is 21.1 Å². The van der Waals surface area contributed by atoms with Crippen molar-refractivity contribution in [3.8, 4) is 17.2 Å². The van der Waals surface area contributed by atoms with Crippen LogP contribution in [-0.4, -0.2) is 50.3 Å². The lowest BCUT2D eigenvalue weighted by molar-refractivity contribution is 0.0678. The molecule has 3 aromatic rings. The molecule has 0 radical (unpaired) electrons. The zero-order valence-corrected chi connectivity index (χ0v) is 18.7. The van der Waals surface area contributed by atoms with E-state index in [4.69, 9.17) is 18.9 Å². The molecule has 0 unspecified atom stereocenters. The maximum atomic E-state index is 13.0. The fourth-order valence-electron chi connectivity index (χ4n) is 2.93. The number of para-hydroxylation sites is 2. The molecule has 2 aromatic carbocycles. The molecular formula is C23H26N2O5S. The summed E-state index contributed by atoms with van der Waals surface area (Å²) in [6.45, 7) is 1.62. The number of methoxy groups -OCH3 is 3. The molecule has 0 bridgehead atoms. The first-order valence-electron chi connectivity index (χ1n) is 9.76. The smallest absolute Gasteiger partial charge is 0.254 e. The molecule has 0 spiro atoms. The van der Waals surface area contributed by atoms with Crippen molar-refractivity contribution < 1.29 is 23.7 Å². The maximum absolute atomic E-state index is 13.0. The highest BCUT2D eigenvalue weighted by Crippen LogP contribution is 2.27. The molecule has 0 aliphatic heterocycles. The van der Waals surface area contributed by atoms with Crippen LogP contribution in [0.25, 0.3) is 0 Å². The first-order chi connectivity index (χ1) is 15.1. The van der Waals surface area contributed by atoms with E-state index < -0.39 is 0 Å². The van der Waals surface area contributed by atoms with Crippen molar-refractivity contribution in [2.24, 2.45) is 0 Å². The lowest BCUT2D eigenvalue weighted by atomic mass is 10.2. The third kappa shape index (κ3) is 6.19. The molecule has 0 N–H and O–H groups in total. The van der Waals surface area contributed by atoms with Gasteiger partial charge in [0.25, 0.3) is 5.91 Å². The van der Waals surface area contributed by atoms with Crippen molar-refractivity contribution in [1.82, 2.24) is 9.88 Å². The van der Waals surface area contributed by atoms with Crippen molar-refractivity contribution in [3.05, 3.63) is 70.2 Å². The van der Waals surface area contributed by atoms with Gasteiger partial charge in [-0.25, -0.2) is 4.98 Å². The topological polar surface area (TPSA) is 70.1 Å². The van der Waals surface area contributed by atoms with Crippen molar-refractivity contribution in [1.29, 1.82) is 0 Å². The van der Waals surface area contributed by atoms with Gasteiger partial charge in [-0.15, -0.1) is 11.3 Å². The van der Waals surface area contributed by atoms with Crippen LogP contribution in [-0.2, 0) is 17.9 Å². The number of hydrogen-bond donors (Lipinski definition) is 0. The number of thiazole rings is 1. The molecule has 164 valence electrons. The fraction of sp³-hybridized carbons (Fsp3) is 0.304. The molecule has 0 saturated heterocycles. The van der Waals surface area contributed by atoms with E-state index in [2.05, 4.69) is 4.98 Å². The van der Waals surface area contributed by atoms with Crippen LogP contribution in [0.3, 0.4) is 0 Å². The summed E-state index contributed by atoms with van der Waals surface area (Å²) in [5.41, 5.74) is 1.40. The molecule has 1 amide bonds. The number of amides is 1.